The van der Waals surface area contributed by atoms with Crippen LogP contribution in [0, 0.1) is 0 Å². The first-order chi connectivity index (χ1) is 12.5. The summed E-state index contributed by atoms with van der Waals surface area (Å²) in [5.74, 6) is 0.128. The number of halogens is 1. The molecule has 2 aliphatic carbocycles. The third-order valence-corrected chi connectivity index (χ3v) is 6.00. The van der Waals surface area contributed by atoms with Crippen molar-refractivity contribution in [1.29, 1.82) is 0 Å². The number of methoxy groups -OCH3 is 1. The van der Waals surface area contributed by atoms with Crippen molar-refractivity contribution in [2.24, 2.45) is 0 Å². The van der Waals surface area contributed by atoms with Gasteiger partial charge in [-0.15, -0.1) is 0 Å². The number of aromatic hydroxyl groups is 1. The summed E-state index contributed by atoms with van der Waals surface area (Å²) in [6.07, 6.45) is 4.30. The van der Waals surface area contributed by atoms with Crippen LogP contribution in [-0.4, -0.2) is 23.8 Å². The second-order valence-electron chi connectivity index (χ2n) is 6.95. The van der Waals surface area contributed by atoms with Crippen LogP contribution >= 0.6 is 15.9 Å². The van der Waals surface area contributed by atoms with Crippen molar-refractivity contribution >= 4 is 27.5 Å². The molecule has 5 nitrogen and oxygen atoms in total. The summed E-state index contributed by atoms with van der Waals surface area (Å²) in [5, 5.41) is 13.5. The SMILES string of the molecule is COc1cc(C2C3=C(CCCC3=O)NC3=C2C(=O)CCC3)cc(Br)c1O. The molecule has 6 heteroatoms. The number of phenols is 1. The first kappa shape index (κ1) is 17.3. The molecule has 0 radical (unpaired) electrons. The Kier molecular flexibility index (Phi) is 4.39. The Morgan fingerprint density at radius 1 is 1.04 bits per heavy atom. The molecule has 0 aromatic heterocycles. The van der Waals surface area contributed by atoms with Crippen molar-refractivity contribution in [3.63, 3.8) is 0 Å². The van der Waals surface area contributed by atoms with Gasteiger partial charge in [-0.25, -0.2) is 0 Å². The van der Waals surface area contributed by atoms with E-state index in [0.717, 1.165) is 42.6 Å². The number of carbonyl (C=O) groups is 2. The monoisotopic (exact) mass is 417 g/mol. The number of ether oxygens (including phenoxy) is 1. The summed E-state index contributed by atoms with van der Waals surface area (Å²) in [4.78, 5) is 25.6. The van der Waals surface area contributed by atoms with Gasteiger partial charge >= 0.3 is 0 Å². The van der Waals surface area contributed by atoms with Crippen LogP contribution in [-0.2, 0) is 9.59 Å². The number of phenolic OH excluding ortho intramolecular Hbond substituents is 1. The highest BCUT2D eigenvalue weighted by Crippen LogP contribution is 2.47. The summed E-state index contributed by atoms with van der Waals surface area (Å²) in [7, 11) is 1.49. The smallest absolute Gasteiger partial charge is 0.172 e. The fourth-order valence-corrected chi connectivity index (χ4v) is 4.69. The van der Waals surface area contributed by atoms with Crippen LogP contribution in [0.1, 0.15) is 50.0 Å². The van der Waals surface area contributed by atoms with Gasteiger partial charge in [0.05, 0.1) is 11.6 Å². The van der Waals surface area contributed by atoms with Gasteiger partial charge in [-0.05, 0) is 59.3 Å². The lowest BCUT2D eigenvalue weighted by molar-refractivity contribution is -0.116. The number of rotatable bonds is 2. The average Bonchev–Trinajstić information content (AvgIpc) is 2.63. The molecule has 26 heavy (non-hydrogen) atoms. The van der Waals surface area contributed by atoms with Crippen LogP contribution in [0.5, 0.6) is 11.5 Å². The molecule has 3 aliphatic rings. The second kappa shape index (κ2) is 6.58. The van der Waals surface area contributed by atoms with E-state index in [1.54, 1.807) is 12.1 Å². The molecule has 0 bridgehead atoms. The van der Waals surface area contributed by atoms with Crippen molar-refractivity contribution in [2.45, 2.75) is 44.4 Å². The lowest BCUT2D eigenvalue weighted by Gasteiger charge is -2.37. The zero-order valence-corrected chi connectivity index (χ0v) is 16.1. The first-order valence-corrected chi connectivity index (χ1v) is 9.66. The van der Waals surface area contributed by atoms with Gasteiger partial charge in [-0.1, -0.05) is 0 Å². The van der Waals surface area contributed by atoms with Crippen LogP contribution in [0.3, 0.4) is 0 Å². The Balaban J connectivity index is 1.94. The highest BCUT2D eigenvalue weighted by atomic mass is 79.9. The molecule has 136 valence electrons. The first-order valence-electron chi connectivity index (χ1n) is 8.87. The molecule has 0 amide bonds. The fourth-order valence-electron chi connectivity index (χ4n) is 4.23. The van der Waals surface area contributed by atoms with Crippen LogP contribution in [0.25, 0.3) is 0 Å². The number of ketones is 2. The quantitative estimate of drug-likeness (QED) is 0.763. The molecule has 1 aromatic rings. The standard InChI is InChI=1S/C20H20BrNO4/c1-26-16-9-10(8-11(21)20(16)25)17-18-12(4-2-6-14(18)23)22-13-5-3-7-15(24)19(13)17/h8-9,17,22,25H,2-7H2,1H3. The van der Waals surface area contributed by atoms with Gasteiger partial charge in [0.1, 0.15) is 0 Å². The lowest BCUT2D eigenvalue weighted by Crippen LogP contribution is -2.36. The maximum Gasteiger partial charge on any atom is 0.172 e. The Morgan fingerprint density at radius 3 is 2.15 bits per heavy atom. The summed E-state index contributed by atoms with van der Waals surface area (Å²) < 4.78 is 5.77. The van der Waals surface area contributed by atoms with Gasteiger partial charge in [0.25, 0.3) is 0 Å². The molecular weight excluding hydrogens is 398 g/mol. The zero-order chi connectivity index (χ0) is 18.4. The lowest BCUT2D eigenvalue weighted by atomic mass is 9.71. The van der Waals surface area contributed by atoms with E-state index in [9.17, 15) is 14.7 Å². The van der Waals surface area contributed by atoms with Crippen molar-refractivity contribution in [3.8, 4) is 11.5 Å². The van der Waals surface area contributed by atoms with Crippen LogP contribution in [0.2, 0.25) is 0 Å². The summed E-state index contributed by atoms with van der Waals surface area (Å²) in [6.45, 7) is 0. The van der Waals surface area contributed by atoms with E-state index in [2.05, 4.69) is 21.2 Å². The number of nitrogens with one attached hydrogen (secondary N) is 1. The number of hydrogen-bond acceptors (Lipinski definition) is 5. The van der Waals surface area contributed by atoms with E-state index in [4.69, 9.17) is 4.74 Å². The van der Waals surface area contributed by atoms with Crippen molar-refractivity contribution in [1.82, 2.24) is 5.32 Å². The predicted molar refractivity (Wildman–Crippen MR) is 100 cm³/mol. The van der Waals surface area contributed by atoms with E-state index >= 15 is 0 Å². The third-order valence-electron chi connectivity index (χ3n) is 5.40. The van der Waals surface area contributed by atoms with Gasteiger partial charge in [0.2, 0.25) is 0 Å². The molecule has 4 rings (SSSR count). The highest BCUT2D eigenvalue weighted by Gasteiger charge is 2.40. The van der Waals surface area contributed by atoms with Crippen LogP contribution in [0.4, 0.5) is 0 Å². The van der Waals surface area contributed by atoms with Gasteiger partial charge < -0.3 is 15.2 Å². The average molecular weight is 418 g/mol. The van der Waals surface area contributed by atoms with Gasteiger partial charge in [-0.2, -0.15) is 0 Å². The van der Waals surface area contributed by atoms with Gasteiger partial charge in [0, 0.05) is 41.3 Å². The van der Waals surface area contributed by atoms with E-state index < -0.39 is 5.92 Å². The minimum Gasteiger partial charge on any atom is -0.503 e. The maximum absolute atomic E-state index is 12.8. The summed E-state index contributed by atoms with van der Waals surface area (Å²) in [6, 6.07) is 3.52. The Hall–Kier alpha value is -2.08. The molecule has 0 saturated heterocycles. The molecule has 0 atom stereocenters. The summed E-state index contributed by atoms with van der Waals surface area (Å²) >= 11 is 3.36. The van der Waals surface area contributed by atoms with Crippen molar-refractivity contribution in [3.05, 3.63) is 44.7 Å². The molecule has 1 aliphatic heterocycles. The zero-order valence-electron chi connectivity index (χ0n) is 14.5. The molecule has 0 spiro atoms. The van der Waals surface area contributed by atoms with Gasteiger partial charge in [-0.3, -0.25) is 9.59 Å². The number of Topliss-reactive ketones (excluding diaryl/α,β-unsaturated/α-hetero) is 2. The summed E-state index contributed by atoms with van der Waals surface area (Å²) in [5.41, 5.74) is 4.08. The molecule has 2 N–H and O–H groups in total. The third kappa shape index (κ3) is 2.67. The minimum absolute atomic E-state index is 0.0125. The minimum atomic E-state index is -0.396. The van der Waals surface area contributed by atoms with E-state index in [1.807, 2.05) is 0 Å². The van der Waals surface area contributed by atoms with E-state index in [1.165, 1.54) is 7.11 Å². The maximum atomic E-state index is 12.8. The molecule has 0 fully saturated rings. The fraction of sp³-hybridized carbons (Fsp3) is 0.400. The second-order valence-corrected chi connectivity index (χ2v) is 7.80. The number of allylic oxidation sites excluding steroid dienone is 4. The molecule has 1 aromatic carbocycles. The highest BCUT2D eigenvalue weighted by molar-refractivity contribution is 9.10. The predicted octanol–water partition coefficient (Wildman–Crippen LogP) is 3.86. The molecule has 0 saturated carbocycles. The molecule has 1 heterocycles. The van der Waals surface area contributed by atoms with Crippen molar-refractivity contribution in [2.75, 3.05) is 7.11 Å². The Morgan fingerprint density at radius 2 is 1.62 bits per heavy atom. The van der Waals surface area contributed by atoms with Gasteiger partial charge in [0.15, 0.2) is 23.1 Å². The van der Waals surface area contributed by atoms with E-state index in [-0.39, 0.29) is 17.3 Å². The number of dihydropyridines is 1. The van der Waals surface area contributed by atoms with Crippen LogP contribution < -0.4 is 10.1 Å². The van der Waals surface area contributed by atoms with E-state index in [0.29, 0.717) is 34.2 Å². The Bertz CT molecular complexity index is 842. The Labute approximate surface area is 160 Å². The normalized spacial score (nSPS) is 20.7. The number of hydrogen-bond donors (Lipinski definition) is 2. The topological polar surface area (TPSA) is 75.6 Å². The molecule has 0 unspecified atom stereocenters. The van der Waals surface area contributed by atoms with Crippen molar-refractivity contribution < 1.29 is 19.4 Å². The molecular formula is C20H20BrNO4. The van der Waals surface area contributed by atoms with Crippen LogP contribution in [0.15, 0.2) is 39.1 Å². The largest absolute Gasteiger partial charge is 0.503 e. The number of benzene rings is 1. The number of carbonyl (C=O) groups excluding carboxylic acids is 2.